The van der Waals surface area contributed by atoms with Crippen molar-refractivity contribution in [2.45, 2.75) is 20.8 Å². The van der Waals surface area contributed by atoms with E-state index >= 15 is 0 Å². The summed E-state index contributed by atoms with van der Waals surface area (Å²) >= 11 is 4.70. The van der Waals surface area contributed by atoms with Crippen LogP contribution in [-0.2, 0) is 4.74 Å². The zero-order chi connectivity index (χ0) is 22.1. The zero-order valence-corrected chi connectivity index (χ0v) is 19.6. The van der Waals surface area contributed by atoms with E-state index in [0.29, 0.717) is 16.1 Å². The van der Waals surface area contributed by atoms with Gasteiger partial charge in [0.25, 0.3) is 5.91 Å². The molecule has 0 bridgehead atoms. The molecule has 0 spiro atoms. The summed E-state index contributed by atoms with van der Waals surface area (Å²) in [4.78, 5) is 25.7. The second-order valence-electron chi connectivity index (χ2n) is 7.14. The first-order valence-corrected chi connectivity index (χ1v) is 11.4. The lowest BCUT2D eigenvalue weighted by Gasteiger charge is -2.10. The van der Waals surface area contributed by atoms with E-state index in [4.69, 9.17) is 9.15 Å². The van der Waals surface area contributed by atoms with E-state index in [0.717, 1.165) is 32.1 Å². The normalized spacial score (nSPS) is 11.0. The summed E-state index contributed by atoms with van der Waals surface area (Å²) in [7, 11) is 0. The summed E-state index contributed by atoms with van der Waals surface area (Å²) in [5.74, 6) is -0.723. The van der Waals surface area contributed by atoms with Gasteiger partial charge in [-0.05, 0) is 56.2 Å². The van der Waals surface area contributed by atoms with E-state index in [1.165, 1.54) is 11.3 Å². The smallest absolute Gasteiger partial charge is 0.341 e. The summed E-state index contributed by atoms with van der Waals surface area (Å²) in [6.45, 7) is 6.02. The molecule has 1 amide bonds. The maximum absolute atomic E-state index is 12.9. The number of ether oxygens (including phenoxy) is 1. The van der Waals surface area contributed by atoms with Crippen molar-refractivity contribution in [3.63, 3.8) is 0 Å². The molecular formula is C24H20BrNO4S. The molecule has 0 aliphatic rings. The van der Waals surface area contributed by atoms with Gasteiger partial charge in [0, 0.05) is 20.8 Å². The molecule has 0 radical (unpaired) electrons. The summed E-state index contributed by atoms with van der Waals surface area (Å²) in [6, 6.07) is 13.2. The number of hydrogen-bond acceptors (Lipinski definition) is 5. The molecule has 158 valence electrons. The summed E-state index contributed by atoms with van der Waals surface area (Å²) < 4.78 is 11.9. The van der Waals surface area contributed by atoms with Crippen molar-refractivity contribution < 1.29 is 18.7 Å². The van der Waals surface area contributed by atoms with Crippen LogP contribution in [0.2, 0.25) is 0 Å². The van der Waals surface area contributed by atoms with Crippen molar-refractivity contribution >= 4 is 55.1 Å². The summed E-state index contributed by atoms with van der Waals surface area (Å²) in [6.07, 6.45) is 0. The Morgan fingerprint density at radius 3 is 2.65 bits per heavy atom. The van der Waals surface area contributed by atoms with Gasteiger partial charge in [-0.25, -0.2) is 4.79 Å². The number of aryl methyl sites for hydroxylation is 2. The molecule has 0 unspecified atom stereocenters. The van der Waals surface area contributed by atoms with Crippen LogP contribution in [0.1, 0.15) is 39.0 Å². The number of thiophene rings is 1. The highest BCUT2D eigenvalue weighted by atomic mass is 79.9. The number of fused-ring (bicyclic) bond motifs is 1. The molecule has 0 aliphatic heterocycles. The number of carbonyl (C=O) groups excluding carboxylic acids is 2. The number of rotatable bonds is 5. The minimum absolute atomic E-state index is 0.171. The van der Waals surface area contributed by atoms with Crippen molar-refractivity contribution in [3.8, 4) is 11.1 Å². The molecule has 31 heavy (non-hydrogen) atoms. The van der Waals surface area contributed by atoms with E-state index in [2.05, 4.69) is 27.3 Å². The van der Waals surface area contributed by atoms with Gasteiger partial charge in [-0.1, -0.05) is 39.7 Å². The quantitative estimate of drug-likeness (QED) is 0.302. The van der Waals surface area contributed by atoms with Crippen LogP contribution in [0, 0.1) is 13.8 Å². The van der Waals surface area contributed by atoms with Crippen LogP contribution in [0.3, 0.4) is 0 Å². The highest BCUT2D eigenvalue weighted by Crippen LogP contribution is 2.38. The van der Waals surface area contributed by atoms with Crippen molar-refractivity contribution in [2.75, 3.05) is 11.9 Å². The predicted octanol–water partition coefficient (Wildman–Crippen LogP) is 6.97. The Kier molecular flexibility index (Phi) is 5.98. The van der Waals surface area contributed by atoms with Crippen molar-refractivity contribution in [2.24, 2.45) is 0 Å². The third-order valence-corrected chi connectivity index (χ3v) is 6.26. The molecule has 0 atom stereocenters. The number of hydrogen-bond donors (Lipinski definition) is 1. The molecule has 2 aromatic heterocycles. The van der Waals surface area contributed by atoms with E-state index in [-0.39, 0.29) is 12.4 Å². The van der Waals surface area contributed by atoms with E-state index in [9.17, 15) is 9.59 Å². The second-order valence-corrected chi connectivity index (χ2v) is 8.93. The van der Waals surface area contributed by atoms with Crippen molar-refractivity contribution in [3.05, 3.63) is 74.8 Å². The van der Waals surface area contributed by atoms with E-state index in [1.54, 1.807) is 19.1 Å². The zero-order valence-electron chi connectivity index (χ0n) is 17.2. The number of esters is 1. The van der Waals surface area contributed by atoms with E-state index in [1.807, 2.05) is 43.5 Å². The lowest BCUT2D eigenvalue weighted by molar-refractivity contribution is 0.0529. The molecule has 4 rings (SSSR count). The minimum atomic E-state index is -0.470. The number of halogens is 1. The number of benzene rings is 2. The lowest BCUT2D eigenvalue weighted by Crippen LogP contribution is -2.14. The maximum Gasteiger partial charge on any atom is 0.341 e. The third-order valence-electron chi connectivity index (χ3n) is 4.87. The Hall–Kier alpha value is -2.90. The molecular weight excluding hydrogens is 478 g/mol. The van der Waals surface area contributed by atoms with E-state index < -0.39 is 11.9 Å². The van der Waals surface area contributed by atoms with Crippen LogP contribution >= 0.6 is 27.3 Å². The first-order chi connectivity index (χ1) is 14.9. The molecule has 1 N–H and O–H groups in total. The fraction of sp³-hybridized carbons (Fsp3) is 0.167. The Bertz CT molecular complexity index is 1300. The van der Waals surface area contributed by atoms with Gasteiger partial charge in [-0.3, -0.25) is 4.79 Å². The van der Waals surface area contributed by atoms with Crippen LogP contribution in [0.15, 0.2) is 56.7 Å². The summed E-state index contributed by atoms with van der Waals surface area (Å²) in [5.41, 5.74) is 4.82. The molecule has 0 saturated carbocycles. The van der Waals surface area contributed by atoms with Crippen LogP contribution < -0.4 is 5.32 Å². The monoisotopic (exact) mass is 497 g/mol. The first kappa shape index (κ1) is 21.3. The SMILES string of the molecule is CCOC(=O)c1c(-c2ccc(C)cc2C)csc1NC(=O)c1cc2cc(Br)ccc2o1. The van der Waals surface area contributed by atoms with Gasteiger partial charge in [-0.15, -0.1) is 11.3 Å². The second kappa shape index (κ2) is 8.69. The standard InChI is InChI=1S/C24H20BrNO4S/c1-4-29-24(28)21-18(17-7-5-13(2)9-14(17)3)12-31-23(21)26-22(27)20-11-15-10-16(25)6-8-19(15)30-20/h5-12H,4H2,1-3H3,(H,26,27). The topological polar surface area (TPSA) is 68.5 Å². The van der Waals surface area contributed by atoms with Crippen LogP contribution in [-0.4, -0.2) is 18.5 Å². The van der Waals surface area contributed by atoms with Gasteiger partial charge in [-0.2, -0.15) is 0 Å². The Balaban J connectivity index is 1.72. The Labute approximate surface area is 192 Å². The largest absolute Gasteiger partial charge is 0.462 e. The molecule has 0 saturated heterocycles. The van der Waals surface area contributed by atoms with Crippen LogP contribution in [0.4, 0.5) is 5.00 Å². The molecule has 0 aliphatic carbocycles. The molecule has 5 nitrogen and oxygen atoms in total. The van der Waals surface area contributed by atoms with Gasteiger partial charge >= 0.3 is 5.97 Å². The van der Waals surface area contributed by atoms with Gasteiger partial charge in [0.15, 0.2) is 5.76 Å². The van der Waals surface area contributed by atoms with Gasteiger partial charge in [0.05, 0.1) is 6.61 Å². The number of furan rings is 1. The lowest BCUT2D eigenvalue weighted by atomic mass is 9.97. The van der Waals surface area contributed by atoms with Crippen molar-refractivity contribution in [1.82, 2.24) is 0 Å². The Morgan fingerprint density at radius 2 is 1.90 bits per heavy atom. The molecule has 2 aromatic carbocycles. The number of nitrogens with one attached hydrogen (secondary N) is 1. The minimum Gasteiger partial charge on any atom is -0.462 e. The van der Waals surface area contributed by atoms with Crippen LogP contribution in [0.5, 0.6) is 0 Å². The molecule has 4 aromatic rings. The average Bonchev–Trinajstić information content (AvgIpc) is 3.32. The first-order valence-electron chi connectivity index (χ1n) is 9.74. The van der Waals surface area contributed by atoms with Gasteiger partial charge in [0.1, 0.15) is 16.1 Å². The number of anilines is 1. The fourth-order valence-corrected chi connectivity index (χ4v) is 4.78. The highest BCUT2D eigenvalue weighted by Gasteiger charge is 2.25. The molecule has 7 heteroatoms. The third kappa shape index (κ3) is 4.29. The average molecular weight is 498 g/mol. The summed E-state index contributed by atoms with van der Waals surface area (Å²) in [5, 5.41) is 5.95. The van der Waals surface area contributed by atoms with Gasteiger partial charge in [0.2, 0.25) is 0 Å². The van der Waals surface area contributed by atoms with Crippen LogP contribution in [0.25, 0.3) is 22.1 Å². The number of amides is 1. The molecule has 0 fully saturated rings. The van der Waals surface area contributed by atoms with Crippen molar-refractivity contribution in [1.29, 1.82) is 0 Å². The molecule has 2 heterocycles. The predicted molar refractivity (Wildman–Crippen MR) is 127 cm³/mol. The maximum atomic E-state index is 12.9. The fourth-order valence-electron chi connectivity index (χ4n) is 3.46. The Morgan fingerprint density at radius 1 is 1.10 bits per heavy atom. The number of carbonyl (C=O) groups is 2. The van der Waals surface area contributed by atoms with Gasteiger partial charge < -0.3 is 14.5 Å². The highest BCUT2D eigenvalue weighted by molar-refractivity contribution is 9.10.